The Kier molecular flexibility index (Phi) is 13.0. The van der Waals surface area contributed by atoms with Crippen LogP contribution in [-0.2, 0) is 41.6 Å². The van der Waals surface area contributed by atoms with E-state index >= 15 is 0 Å². The lowest BCUT2D eigenvalue weighted by Crippen LogP contribution is -2.47. The molecule has 3 aromatic carbocycles. The highest BCUT2D eigenvalue weighted by Gasteiger charge is 2.34. The molecule has 16 heteroatoms. The maximum Gasteiger partial charge on any atom is 0.488 e. The Hall–Kier alpha value is -5.79. The first-order valence-corrected chi connectivity index (χ1v) is 19.7. The first kappa shape index (κ1) is 42.4. The van der Waals surface area contributed by atoms with Gasteiger partial charge in [0.05, 0.1) is 6.61 Å². The number of carbonyl (C=O) groups excluding carboxylic acids is 3. The van der Waals surface area contributed by atoms with Gasteiger partial charge >= 0.3 is 10.5 Å². The van der Waals surface area contributed by atoms with Crippen LogP contribution in [0.15, 0.2) is 73.1 Å². The van der Waals surface area contributed by atoms with Crippen molar-refractivity contribution in [2.75, 3.05) is 18.1 Å². The number of anilines is 1. The summed E-state index contributed by atoms with van der Waals surface area (Å²) in [7, 11) is -5.12. The van der Waals surface area contributed by atoms with E-state index in [-0.39, 0.29) is 48.3 Å². The molecule has 14 nitrogen and oxygen atoms in total. The SMILES string of the molecule is CC(C)(CCOC(C)(C)C(=O)NCc1ccc(-c2nncnn2)cc1)NC(=O)CCC(=O)N1CCC(C)(C)c2cc(C#Cc3ccc(OS(=O)(=O)F)cc3)ccc21. The lowest BCUT2D eigenvalue weighted by atomic mass is 9.77. The summed E-state index contributed by atoms with van der Waals surface area (Å²) in [5, 5.41) is 21.3. The highest BCUT2D eigenvalue weighted by molar-refractivity contribution is 7.81. The molecule has 0 spiro atoms. The Bertz CT molecular complexity index is 2260. The molecule has 0 bridgehead atoms. The summed E-state index contributed by atoms with van der Waals surface area (Å²) >= 11 is 0. The van der Waals surface area contributed by atoms with Gasteiger partial charge < -0.3 is 24.5 Å². The van der Waals surface area contributed by atoms with Crippen LogP contribution in [0.4, 0.5) is 9.57 Å². The van der Waals surface area contributed by atoms with Crippen molar-refractivity contribution in [2.24, 2.45) is 0 Å². The number of nitrogens with one attached hydrogen (secondary N) is 2. The van der Waals surface area contributed by atoms with E-state index in [9.17, 15) is 26.7 Å². The fourth-order valence-corrected chi connectivity index (χ4v) is 6.46. The molecule has 3 amide bonds. The maximum atomic E-state index is 13.5. The number of rotatable bonds is 14. The van der Waals surface area contributed by atoms with Crippen LogP contribution in [0.25, 0.3) is 11.4 Å². The van der Waals surface area contributed by atoms with E-state index in [1.165, 1.54) is 30.6 Å². The molecule has 2 N–H and O–H groups in total. The van der Waals surface area contributed by atoms with E-state index in [1.807, 2.05) is 56.3 Å². The smallest absolute Gasteiger partial charge is 0.366 e. The zero-order valence-corrected chi connectivity index (χ0v) is 33.6. The molecular weight excluding hydrogens is 754 g/mol. The number of hydrogen-bond acceptors (Lipinski definition) is 11. The molecule has 5 rings (SSSR count). The molecular formula is C41H46FN7O7S. The molecule has 0 radical (unpaired) electrons. The topological polar surface area (TPSA) is 183 Å². The van der Waals surface area contributed by atoms with Gasteiger partial charge in [0.1, 0.15) is 11.4 Å². The highest BCUT2D eigenvalue weighted by Crippen LogP contribution is 2.40. The molecule has 0 aliphatic carbocycles. The monoisotopic (exact) mass is 799 g/mol. The van der Waals surface area contributed by atoms with Crippen LogP contribution in [0.3, 0.4) is 0 Å². The van der Waals surface area contributed by atoms with Crippen LogP contribution < -0.4 is 19.7 Å². The van der Waals surface area contributed by atoms with Gasteiger partial charge in [0.25, 0.3) is 5.91 Å². The largest absolute Gasteiger partial charge is 0.488 e. The van der Waals surface area contributed by atoms with E-state index in [0.29, 0.717) is 37.3 Å². The Balaban J connectivity index is 1.08. The van der Waals surface area contributed by atoms with Crippen molar-refractivity contribution < 1.29 is 35.6 Å². The molecule has 1 aliphatic rings. The van der Waals surface area contributed by atoms with Crippen molar-refractivity contribution in [3.8, 4) is 29.0 Å². The number of ether oxygens (including phenoxy) is 1. The molecule has 0 unspecified atom stereocenters. The van der Waals surface area contributed by atoms with Crippen molar-refractivity contribution in [3.63, 3.8) is 0 Å². The van der Waals surface area contributed by atoms with Crippen LogP contribution in [0.2, 0.25) is 0 Å². The second kappa shape index (κ2) is 17.6. The van der Waals surface area contributed by atoms with Gasteiger partial charge in [0, 0.05) is 53.8 Å². The Morgan fingerprint density at radius 1 is 0.912 bits per heavy atom. The molecule has 57 heavy (non-hydrogen) atoms. The maximum absolute atomic E-state index is 13.5. The highest BCUT2D eigenvalue weighted by atomic mass is 32.3. The number of fused-ring (bicyclic) bond motifs is 1. The van der Waals surface area contributed by atoms with Crippen LogP contribution in [-0.4, -0.2) is 70.8 Å². The minimum atomic E-state index is -5.12. The fourth-order valence-electron chi connectivity index (χ4n) is 6.12. The normalized spacial score (nSPS) is 13.8. The van der Waals surface area contributed by atoms with E-state index in [4.69, 9.17) is 4.74 Å². The lowest BCUT2D eigenvalue weighted by molar-refractivity contribution is -0.143. The van der Waals surface area contributed by atoms with Crippen LogP contribution in [0.5, 0.6) is 5.75 Å². The second-order valence-electron chi connectivity index (χ2n) is 15.5. The molecule has 4 aromatic rings. The summed E-state index contributed by atoms with van der Waals surface area (Å²) in [5.74, 6) is 5.63. The van der Waals surface area contributed by atoms with Crippen molar-refractivity contribution in [2.45, 2.75) is 90.3 Å². The number of amides is 3. The number of hydrogen-bond donors (Lipinski definition) is 2. The Labute approximate surface area is 332 Å². The van der Waals surface area contributed by atoms with E-state index in [0.717, 1.165) is 27.9 Å². The van der Waals surface area contributed by atoms with Crippen LogP contribution in [0, 0.1) is 11.8 Å². The minimum absolute atomic E-state index is 0.00399. The van der Waals surface area contributed by atoms with Crippen molar-refractivity contribution in [1.29, 1.82) is 0 Å². The molecule has 300 valence electrons. The number of aromatic nitrogens is 4. The number of carbonyl (C=O) groups is 3. The number of nitrogens with zero attached hydrogens (tertiary/aromatic N) is 5. The third kappa shape index (κ3) is 12.1. The molecule has 1 aliphatic heterocycles. The van der Waals surface area contributed by atoms with E-state index in [1.54, 1.807) is 18.7 Å². The van der Waals surface area contributed by atoms with Gasteiger partial charge in [0.15, 0.2) is 6.33 Å². The van der Waals surface area contributed by atoms with Gasteiger partial charge in [-0.3, -0.25) is 14.4 Å². The van der Waals surface area contributed by atoms with Gasteiger partial charge in [-0.1, -0.05) is 53.8 Å². The molecule has 2 heterocycles. The van der Waals surface area contributed by atoms with Crippen molar-refractivity contribution in [1.82, 2.24) is 31.0 Å². The molecule has 0 saturated carbocycles. The molecule has 1 aromatic heterocycles. The van der Waals surface area contributed by atoms with Crippen LogP contribution in [0.1, 0.15) is 89.5 Å². The minimum Gasteiger partial charge on any atom is -0.366 e. The summed E-state index contributed by atoms with van der Waals surface area (Å²) in [5.41, 5.74) is 2.63. The standard InChI is InChI=1S/C41H46FN7O7S/c1-39(2)21-23-49(34-18-13-29(25-33(34)39)8-7-28-11-16-32(17-12-28)56-57(42,53)54)36(51)20-19-35(50)46-40(3,4)22-24-55-41(5,6)38(52)43-26-30-9-14-31(15-10-30)37-47-44-27-45-48-37/h9-18,25,27H,19-24,26H2,1-6H3,(H,43,52)(H,46,50). The summed E-state index contributed by atoms with van der Waals surface area (Å²) in [4.78, 5) is 41.2. The van der Waals surface area contributed by atoms with E-state index < -0.39 is 21.6 Å². The molecule has 0 atom stereocenters. The van der Waals surface area contributed by atoms with Gasteiger partial charge in [-0.25, -0.2) is 0 Å². The number of benzene rings is 3. The lowest BCUT2D eigenvalue weighted by Gasteiger charge is -2.39. The summed E-state index contributed by atoms with van der Waals surface area (Å²) < 4.78 is 44.4. The number of halogens is 1. The van der Waals surface area contributed by atoms with Gasteiger partial charge in [0.2, 0.25) is 17.6 Å². The third-order valence-corrected chi connectivity index (χ3v) is 9.92. The summed E-state index contributed by atoms with van der Waals surface area (Å²) in [6.07, 6.45) is 2.43. The zero-order valence-electron chi connectivity index (χ0n) is 32.8. The summed E-state index contributed by atoms with van der Waals surface area (Å²) in [6.45, 7) is 12.3. The molecule has 0 saturated heterocycles. The van der Waals surface area contributed by atoms with Crippen molar-refractivity contribution >= 4 is 33.9 Å². The summed E-state index contributed by atoms with van der Waals surface area (Å²) in [6, 6.07) is 18.7. The van der Waals surface area contributed by atoms with Crippen molar-refractivity contribution in [3.05, 3.63) is 95.3 Å². The Morgan fingerprint density at radius 3 is 2.23 bits per heavy atom. The predicted octanol–water partition coefficient (Wildman–Crippen LogP) is 5.12. The van der Waals surface area contributed by atoms with Gasteiger partial charge in [-0.15, -0.1) is 20.4 Å². The van der Waals surface area contributed by atoms with E-state index in [2.05, 4.69) is 60.9 Å². The first-order chi connectivity index (χ1) is 26.8. The second-order valence-corrected chi connectivity index (χ2v) is 16.4. The Morgan fingerprint density at radius 2 is 1.56 bits per heavy atom. The average Bonchev–Trinajstić information content (AvgIpc) is 3.15. The quantitative estimate of drug-likeness (QED) is 0.128. The third-order valence-electron chi connectivity index (χ3n) is 9.53. The average molecular weight is 800 g/mol. The van der Waals surface area contributed by atoms with Gasteiger partial charge in [-0.05, 0) is 99.5 Å². The van der Waals surface area contributed by atoms with Gasteiger partial charge in [-0.2, -0.15) is 8.42 Å². The zero-order chi connectivity index (χ0) is 41.4. The predicted molar refractivity (Wildman–Crippen MR) is 211 cm³/mol. The first-order valence-electron chi connectivity index (χ1n) is 18.3. The van der Waals surface area contributed by atoms with Crippen LogP contribution >= 0.6 is 0 Å². The molecule has 0 fully saturated rings. The fraction of sp³-hybridized carbons (Fsp3) is 0.390.